The number of aromatic nitrogens is 1. The molecule has 0 radical (unpaired) electrons. The molecule has 33 heavy (non-hydrogen) atoms. The lowest BCUT2D eigenvalue weighted by atomic mass is 10.2. The predicted molar refractivity (Wildman–Crippen MR) is 127 cm³/mol. The summed E-state index contributed by atoms with van der Waals surface area (Å²) in [5, 5.41) is 17.9. The van der Waals surface area contributed by atoms with Crippen LogP contribution in [-0.4, -0.2) is 32.0 Å². The third-order valence-corrected chi connectivity index (χ3v) is 7.00. The zero-order valence-corrected chi connectivity index (χ0v) is 19.3. The Hall–Kier alpha value is -3.61. The summed E-state index contributed by atoms with van der Waals surface area (Å²) in [7, 11) is -3.78. The van der Waals surface area contributed by atoms with Crippen LogP contribution in [-0.2, 0) is 27.8 Å². The van der Waals surface area contributed by atoms with E-state index in [1.165, 1.54) is 6.07 Å². The minimum absolute atomic E-state index is 0.0657. The van der Waals surface area contributed by atoms with E-state index >= 15 is 0 Å². The lowest BCUT2D eigenvalue weighted by Crippen LogP contribution is -2.32. The van der Waals surface area contributed by atoms with Gasteiger partial charge in [0.1, 0.15) is 11.9 Å². The maximum Gasteiger partial charge on any atom is 0.245 e. The molecule has 3 aromatic rings. The molecule has 8 nitrogen and oxygen atoms in total. The fourth-order valence-corrected chi connectivity index (χ4v) is 4.79. The molecule has 0 fully saturated rings. The number of primary sulfonamides is 1. The Labute approximate surface area is 193 Å². The van der Waals surface area contributed by atoms with Crippen LogP contribution in [0.15, 0.2) is 53.4 Å². The molecular weight excluding hydrogens is 438 g/mol. The summed E-state index contributed by atoms with van der Waals surface area (Å²) in [5.74, 6) is 0.243. The monoisotopic (exact) mass is 463 g/mol. The van der Waals surface area contributed by atoms with Crippen molar-refractivity contribution in [1.82, 2.24) is 4.57 Å². The van der Waals surface area contributed by atoms with Gasteiger partial charge in [0.25, 0.3) is 0 Å². The van der Waals surface area contributed by atoms with Crippen LogP contribution >= 0.6 is 0 Å². The van der Waals surface area contributed by atoms with E-state index in [1.807, 2.05) is 53.6 Å². The molecule has 0 bridgehead atoms. The number of fused-ring (bicyclic) bond motifs is 1. The molecule has 0 unspecified atom stereocenters. The normalized spacial score (nSPS) is 13.0. The van der Waals surface area contributed by atoms with Crippen LogP contribution in [0.25, 0.3) is 0 Å². The molecule has 1 amide bonds. The van der Waals surface area contributed by atoms with E-state index in [1.54, 1.807) is 12.1 Å². The molecule has 1 aliphatic heterocycles. The van der Waals surface area contributed by atoms with Crippen LogP contribution in [0.3, 0.4) is 0 Å². The van der Waals surface area contributed by atoms with Crippen molar-refractivity contribution in [3.63, 3.8) is 0 Å². The minimum Gasteiger partial charge on any atom is -0.362 e. The maximum atomic E-state index is 13.0. The quantitative estimate of drug-likeness (QED) is 0.582. The van der Waals surface area contributed by atoms with Crippen molar-refractivity contribution in [3.05, 3.63) is 76.5 Å². The van der Waals surface area contributed by atoms with Crippen molar-refractivity contribution in [2.45, 2.75) is 31.7 Å². The van der Waals surface area contributed by atoms with Crippen LogP contribution in [0.5, 0.6) is 0 Å². The van der Waals surface area contributed by atoms with Gasteiger partial charge in [0.2, 0.25) is 15.9 Å². The SMILES string of the molecule is Cc1c(C#N)c(NC(=O)CN2CCc3cc(S(N)(=O)=O)ccc32)n(Cc2ccccc2)c1C. The first-order valence-electron chi connectivity index (χ1n) is 10.5. The Morgan fingerprint density at radius 3 is 2.58 bits per heavy atom. The number of nitrogens with two attached hydrogens (primary N) is 1. The third kappa shape index (κ3) is 4.49. The van der Waals surface area contributed by atoms with Gasteiger partial charge in [-0.2, -0.15) is 5.26 Å². The first-order chi connectivity index (χ1) is 15.7. The van der Waals surface area contributed by atoms with Crippen LogP contribution in [0, 0.1) is 25.2 Å². The van der Waals surface area contributed by atoms with Crippen molar-refractivity contribution < 1.29 is 13.2 Å². The number of sulfonamides is 1. The van der Waals surface area contributed by atoms with Crippen molar-refractivity contribution in [1.29, 1.82) is 5.26 Å². The molecule has 1 aliphatic rings. The standard InChI is InChI=1S/C24H25N5O3S/c1-16-17(2)29(14-18-6-4-3-5-7-18)24(21(16)13-25)27-23(30)15-28-11-10-19-12-20(33(26,31)32)8-9-22(19)28/h3-9,12H,10-11,14-15H2,1-2H3,(H,27,30)(H2,26,31,32). The number of rotatable bonds is 6. The summed E-state index contributed by atoms with van der Waals surface area (Å²) in [4.78, 5) is 15.0. The Kier molecular flexibility index (Phi) is 5.97. The van der Waals surface area contributed by atoms with E-state index < -0.39 is 10.0 Å². The Morgan fingerprint density at radius 1 is 1.18 bits per heavy atom. The molecule has 0 spiro atoms. The summed E-state index contributed by atoms with van der Waals surface area (Å²) >= 11 is 0. The van der Waals surface area contributed by atoms with E-state index in [4.69, 9.17) is 5.14 Å². The van der Waals surface area contributed by atoms with Crippen molar-refractivity contribution in [2.24, 2.45) is 5.14 Å². The number of carbonyl (C=O) groups excluding carboxylic acids is 1. The van der Waals surface area contributed by atoms with E-state index in [2.05, 4.69) is 11.4 Å². The first kappa shape index (κ1) is 22.6. The molecule has 2 aromatic carbocycles. The van der Waals surface area contributed by atoms with Gasteiger partial charge >= 0.3 is 0 Å². The van der Waals surface area contributed by atoms with Gasteiger partial charge in [-0.05, 0) is 55.2 Å². The molecule has 170 valence electrons. The average Bonchev–Trinajstić information content (AvgIpc) is 3.27. The number of anilines is 2. The summed E-state index contributed by atoms with van der Waals surface area (Å²) in [6.07, 6.45) is 0.623. The van der Waals surface area contributed by atoms with E-state index in [-0.39, 0.29) is 17.3 Å². The number of nitrogens with zero attached hydrogens (tertiary/aromatic N) is 3. The van der Waals surface area contributed by atoms with Gasteiger partial charge in [0, 0.05) is 24.5 Å². The van der Waals surface area contributed by atoms with E-state index in [9.17, 15) is 18.5 Å². The van der Waals surface area contributed by atoms with Crippen LogP contribution < -0.4 is 15.4 Å². The molecule has 4 rings (SSSR count). The minimum atomic E-state index is -3.78. The summed E-state index contributed by atoms with van der Waals surface area (Å²) < 4.78 is 25.2. The molecule has 9 heteroatoms. The highest BCUT2D eigenvalue weighted by Crippen LogP contribution is 2.31. The number of benzene rings is 2. The Bertz CT molecular complexity index is 1370. The lowest BCUT2D eigenvalue weighted by Gasteiger charge is -2.20. The van der Waals surface area contributed by atoms with Gasteiger partial charge in [-0.3, -0.25) is 4.79 Å². The number of amides is 1. The fourth-order valence-electron chi connectivity index (χ4n) is 4.23. The molecule has 1 aromatic heterocycles. The highest BCUT2D eigenvalue weighted by atomic mass is 32.2. The number of nitrogens with one attached hydrogen (secondary N) is 1. The lowest BCUT2D eigenvalue weighted by molar-refractivity contribution is -0.115. The van der Waals surface area contributed by atoms with Crippen molar-refractivity contribution >= 4 is 27.4 Å². The largest absolute Gasteiger partial charge is 0.362 e. The Balaban J connectivity index is 1.57. The fraction of sp³-hybridized carbons (Fsp3) is 0.250. The van der Waals surface area contributed by atoms with Crippen molar-refractivity contribution in [2.75, 3.05) is 23.3 Å². The second-order valence-electron chi connectivity index (χ2n) is 8.17. The molecule has 0 saturated heterocycles. The van der Waals surface area contributed by atoms with Gasteiger partial charge in [-0.1, -0.05) is 30.3 Å². The van der Waals surface area contributed by atoms with Crippen LogP contribution in [0.2, 0.25) is 0 Å². The molecule has 0 atom stereocenters. The smallest absolute Gasteiger partial charge is 0.245 e. The summed E-state index contributed by atoms with van der Waals surface area (Å²) in [6, 6.07) is 16.8. The zero-order chi connectivity index (χ0) is 23.8. The Morgan fingerprint density at radius 2 is 1.91 bits per heavy atom. The van der Waals surface area contributed by atoms with Gasteiger partial charge in [-0.25, -0.2) is 13.6 Å². The third-order valence-electron chi connectivity index (χ3n) is 6.09. The number of carbonyl (C=O) groups is 1. The first-order valence-corrected chi connectivity index (χ1v) is 12.1. The maximum absolute atomic E-state index is 13.0. The molecule has 0 saturated carbocycles. The second-order valence-corrected chi connectivity index (χ2v) is 9.73. The summed E-state index contributed by atoms with van der Waals surface area (Å²) in [5.41, 5.74) is 4.93. The number of hydrogen-bond donors (Lipinski definition) is 2. The van der Waals surface area contributed by atoms with Gasteiger partial charge in [0.05, 0.1) is 17.0 Å². The summed E-state index contributed by atoms with van der Waals surface area (Å²) in [6.45, 7) is 5.03. The molecular formula is C24H25N5O3S. The highest BCUT2D eigenvalue weighted by molar-refractivity contribution is 7.89. The van der Waals surface area contributed by atoms with E-state index in [0.29, 0.717) is 30.9 Å². The number of nitriles is 1. The highest BCUT2D eigenvalue weighted by Gasteiger charge is 2.25. The molecule has 3 N–H and O–H groups in total. The average molecular weight is 464 g/mol. The zero-order valence-electron chi connectivity index (χ0n) is 18.5. The topological polar surface area (TPSA) is 121 Å². The van der Waals surface area contributed by atoms with Crippen LogP contribution in [0.1, 0.15) is 27.9 Å². The van der Waals surface area contributed by atoms with Crippen LogP contribution in [0.4, 0.5) is 11.5 Å². The van der Waals surface area contributed by atoms with E-state index in [0.717, 1.165) is 28.1 Å². The van der Waals surface area contributed by atoms with Gasteiger partial charge in [-0.15, -0.1) is 0 Å². The molecule has 2 heterocycles. The van der Waals surface area contributed by atoms with Crippen molar-refractivity contribution in [3.8, 4) is 6.07 Å². The second kappa shape index (κ2) is 8.73. The molecule has 0 aliphatic carbocycles. The predicted octanol–water partition coefficient (Wildman–Crippen LogP) is 2.67. The number of hydrogen-bond acceptors (Lipinski definition) is 5. The van der Waals surface area contributed by atoms with Gasteiger partial charge in [0.15, 0.2) is 0 Å². The van der Waals surface area contributed by atoms with Gasteiger partial charge < -0.3 is 14.8 Å².